The zero-order valence-electron chi connectivity index (χ0n) is 42.7. The van der Waals surface area contributed by atoms with Crippen LogP contribution in [0.5, 0.6) is 0 Å². The van der Waals surface area contributed by atoms with Crippen molar-refractivity contribution >= 4 is 23.7 Å². The van der Waals surface area contributed by atoms with Crippen LogP contribution in [-0.4, -0.2) is 49.7 Å². The van der Waals surface area contributed by atoms with Crippen molar-refractivity contribution < 1.29 is 39.6 Å². The molecule has 0 amide bonds. The number of carbonyl (C=O) groups excluding carboxylic acids is 1. The Hall–Kier alpha value is -1.96. The van der Waals surface area contributed by atoms with Crippen LogP contribution >= 0.6 is 0 Å². The van der Waals surface area contributed by atoms with E-state index in [2.05, 4.69) is 20.8 Å². The minimum absolute atomic E-state index is 0.192. The number of carboxylic acids is 3. The van der Waals surface area contributed by atoms with Crippen molar-refractivity contribution in [2.75, 3.05) is 0 Å². The smallest absolute Gasteiger partial charge is 0.338 e. The molecule has 0 fully saturated rings. The number of rotatable bonds is 51. The number of carboxylic acid groups (broad SMARTS) is 3. The number of hydrogen-bond acceptors (Lipinski definition) is 5. The first-order chi connectivity index (χ1) is 31.0. The Balaban J connectivity index is 5.71. The maximum Gasteiger partial charge on any atom is 0.338 e. The zero-order valence-corrected chi connectivity index (χ0v) is 42.7. The van der Waals surface area contributed by atoms with E-state index in [-0.39, 0.29) is 19.3 Å². The number of ketones is 1. The van der Waals surface area contributed by atoms with Crippen molar-refractivity contribution in [3.8, 4) is 0 Å². The summed E-state index contributed by atoms with van der Waals surface area (Å²) in [6.45, 7) is 7.73. The molecule has 2 atom stereocenters. The van der Waals surface area contributed by atoms with Crippen LogP contribution in [0.2, 0.25) is 0 Å². The highest BCUT2D eigenvalue weighted by Crippen LogP contribution is 2.54. The average molecular weight is 907 g/mol. The molecule has 0 bridgehead atoms. The van der Waals surface area contributed by atoms with E-state index in [1.54, 1.807) is 0 Å². The van der Waals surface area contributed by atoms with Crippen LogP contribution in [0.3, 0.4) is 0 Å². The van der Waals surface area contributed by atoms with Crippen LogP contribution in [0, 0.1) is 10.8 Å². The molecule has 4 N–H and O–H groups in total. The van der Waals surface area contributed by atoms with Crippen LogP contribution in [0.15, 0.2) is 0 Å². The minimum atomic E-state index is -3.33. The van der Waals surface area contributed by atoms with Crippen molar-refractivity contribution in [2.24, 2.45) is 10.8 Å². The number of Topliss-reactive ketones (excluding diaryl/α,β-unsaturated/α-hetero) is 1. The molecule has 0 saturated carbocycles. The number of unbranched alkanes of at least 4 members (excludes halogenated alkanes) is 39. The Morgan fingerprint density at radius 1 is 0.297 bits per heavy atom. The first-order valence-corrected chi connectivity index (χ1v) is 27.9. The van der Waals surface area contributed by atoms with Gasteiger partial charge in [-0.15, -0.1) is 0 Å². The molecule has 0 radical (unpaired) electrons. The second-order valence-electron chi connectivity index (χ2n) is 20.2. The van der Waals surface area contributed by atoms with Gasteiger partial charge in [0, 0.05) is 0 Å². The first-order valence-electron chi connectivity index (χ1n) is 27.9. The summed E-state index contributed by atoms with van der Waals surface area (Å²) in [5, 5.41) is 45.6. The number of hydrogen-bond donors (Lipinski definition) is 4. The van der Waals surface area contributed by atoms with Gasteiger partial charge < -0.3 is 20.4 Å². The molecule has 0 spiro atoms. The lowest BCUT2D eigenvalue weighted by atomic mass is 9.52. The third kappa shape index (κ3) is 25.3. The minimum Gasteiger partial charge on any atom is -0.481 e. The van der Waals surface area contributed by atoms with E-state index in [0.717, 1.165) is 84.0 Å². The molecule has 0 aromatic heterocycles. The third-order valence-electron chi connectivity index (χ3n) is 14.8. The molecule has 0 heterocycles. The van der Waals surface area contributed by atoms with Gasteiger partial charge in [-0.2, -0.15) is 0 Å². The lowest BCUT2D eigenvalue weighted by Crippen LogP contribution is -2.71. The zero-order chi connectivity index (χ0) is 47.6. The van der Waals surface area contributed by atoms with Gasteiger partial charge in [0.05, 0.1) is 0 Å². The Kier molecular flexibility index (Phi) is 40.0. The predicted molar refractivity (Wildman–Crippen MR) is 268 cm³/mol. The van der Waals surface area contributed by atoms with Gasteiger partial charge in [0.15, 0.2) is 11.2 Å². The summed E-state index contributed by atoms with van der Waals surface area (Å²) in [5.41, 5.74) is -8.46. The topological polar surface area (TPSA) is 149 Å². The molecule has 0 saturated heterocycles. The molecule has 8 heteroatoms. The lowest BCUT2D eigenvalue weighted by Gasteiger charge is -2.50. The van der Waals surface area contributed by atoms with Gasteiger partial charge in [-0.3, -0.25) is 14.4 Å². The molecule has 2 unspecified atom stereocenters. The second-order valence-corrected chi connectivity index (χ2v) is 20.2. The summed E-state index contributed by atoms with van der Waals surface area (Å²) in [6, 6.07) is 0. The second kappa shape index (κ2) is 41.2. The van der Waals surface area contributed by atoms with Crippen LogP contribution in [0.25, 0.3) is 0 Å². The fourth-order valence-corrected chi connectivity index (χ4v) is 10.5. The van der Waals surface area contributed by atoms with Gasteiger partial charge in [-0.1, -0.05) is 290 Å². The van der Waals surface area contributed by atoms with Crippen molar-refractivity contribution in [1.82, 2.24) is 0 Å². The maximum atomic E-state index is 13.7. The quantitative estimate of drug-likeness (QED) is 0.0348. The van der Waals surface area contributed by atoms with E-state index in [1.807, 2.05) is 0 Å². The number of aliphatic hydroxyl groups is 1. The molecule has 0 aromatic rings. The van der Waals surface area contributed by atoms with Crippen LogP contribution < -0.4 is 0 Å². The van der Waals surface area contributed by atoms with Gasteiger partial charge in [-0.25, -0.2) is 4.79 Å². The molecule has 64 heavy (non-hydrogen) atoms. The standard InChI is InChI=1S/C56H106O8/c1-5-8-11-14-17-20-23-26-29-32-35-38-41-44-47-54(51(58)59,48-45-42-39-36-33-30-27-24-21-18-15-12-9-6-2)56(64,53(62)63)55(50(4)57,52(60)61)49-46-43-40-37-34-31-28-25-22-19-16-13-10-7-3/h64H,5-49H2,1-4H3,(H,58,59)(H,60,61)(H,62,63). The van der Waals surface area contributed by atoms with Crippen molar-refractivity contribution in [3.05, 3.63) is 0 Å². The van der Waals surface area contributed by atoms with E-state index >= 15 is 0 Å². The van der Waals surface area contributed by atoms with E-state index < -0.39 is 46.5 Å². The Morgan fingerprint density at radius 2 is 0.500 bits per heavy atom. The molecule has 8 nitrogen and oxygen atoms in total. The molecule has 0 aliphatic heterocycles. The molecule has 0 aromatic carbocycles. The summed E-state index contributed by atoms with van der Waals surface area (Å²) in [4.78, 5) is 54.3. The van der Waals surface area contributed by atoms with Gasteiger partial charge in [0.2, 0.25) is 5.60 Å². The van der Waals surface area contributed by atoms with Crippen LogP contribution in [0.4, 0.5) is 0 Å². The Bertz CT molecular complexity index is 1090. The van der Waals surface area contributed by atoms with E-state index in [9.17, 15) is 39.6 Å². The summed E-state index contributed by atoms with van der Waals surface area (Å²) in [5.74, 6) is -6.18. The van der Waals surface area contributed by atoms with Gasteiger partial charge in [0.1, 0.15) is 5.41 Å². The first kappa shape index (κ1) is 62.0. The van der Waals surface area contributed by atoms with E-state index in [0.29, 0.717) is 32.1 Å². The van der Waals surface area contributed by atoms with Gasteiger partial charge in [0.25, 0.3) is 0 Å². The van der Waals surface area contributed by atoms with Crippen molar-refractivity contribution in [2.45, 2.75) is 322 Å². The molecule has 0 rings (SSSR count). The molecular formula is C56H106O8. The third-order valence-corrected chi connectivity index (χ3v) is 14.8. The van der Waals surface area contributed by atoms with Crippen molar-refractivity contribution in [1.29, 1.82) is 0 Å². The fraction of sp³-hybridized carbons (Fsp3) is 0.929. The van der Waals surface area contributed by atoms with Crippen molar-refractivity contribution in [3.63, 3.8) is 0 Å². The summed E-state index contributed by atoms with van der Waals surface area (Å²) in [6.07, 6.45) is 44.9. The fourth-order valence-electron chi connectivity index (χ4n) is 10.5. The molecule has 0 aliphatic carbocycles. The maximum absolute atomic E-state index is 13.7. The summed E-state index contributed by atoms with van der Waals surface area (Å²) >= 11 is 0. The summed E-state index contributed by atoms with van der Waals surface area (Å²) in [7, 11) is 0. The van der Waals surface area contributed by atoms with Gasteiger partial charge in [-0.05, 0) is 26.2 Å². The van der Waals surface area contributed by atoms with Crippen LogP contribution in [0.1, 0.15) is 317 Å². The largest absolute Gasteiger partial charge is 0.481 e. The number of carbonyl (C=O) groups is 4. The molecule has 0 aliphatic rings. The Labute approximate surface area is 395 Å². The van der Waals surface area contributed by atoms with Crippen LogP contribution in [-0.2, 0) is 19.2 Å². The highest BCUT2D eigenvalue weighted by atomic mass is 16.4. The molecule has 378 valence electrons. The SMILES string of the molecule is CCCCCCCCCCCCCCCCC(CCCCCCCCCCCCCCCC)(C(=O)O)C(O)(C(=O)O)C(CCCCCCCCCCCCCCCC)(C(C)=O)C(=O)O. The van der Waals surface area contributed by atoms with E-state index in [1.165, 1.54) is 154 Å². The number of aliphatic carboxylic acids is 3. The highest BCUT2D eigenvalue weighted by molar-refractivity contribution is 6.10. The van der Waals surface area contributed by atoms with Gasteiger partial charge >= 0.3 is 17.9 Å². The highest BCUT2D eigenvalue weighted by Gasteiger charge is 2.74. The average Bonchev–Trinajstić information content (AvgIpc) is 3.26. The van der Waals surface area contributed by atoms with E-state index in [4.69, 9.17) is 0 Å². The lowest BCUT2D eigenvalue weighted by molar-refractivity contribution is -0.223. The Morgan fingerprint density at radius 3 is 0.672 bits per heavy atom. The summed E-state index contributed by atoms with van der Waals surface area (Å²) < 4.78 is 0. The monoisotopic (exact) mass is 907 g/mol. The normalized spacial score (nSPS) is 13.8. The predicted octanol–water partition coefficient (Wildman–Crippen LogP) is 17.1. The molecular weight excluding hydrogens is 801 g/mol.